The first-order chi connectivity index (χ1) is 9.38. The molecule has 0 saturated carbocycles. The Hall–Kier alpha value is -1.42. The smallest absolute Gasteiger partial charge is 0.222 e. The number of halogens is 1. The Kier molecular flexibility index (Phi) is 4.43. The summed E-state index contributed by atoms with van der Waals surface area (Å²) in [5, 5.41) is 3.47. The molecule has 1 fully saturated rings. The number of aryl methyl sites for hydroxylation is 1. The first kappa shape index (κ1) is 15.0. The van der Waals surface area contributed by atoms with Gasteiger partial charge < -0.3 is 11.1 Å². The zero-order valence-corrected chi connectivity index (χ0v) is 12.3. The third-order valence-corrected chi connectivity index (χ3v) is 4.34. The Morgan fingerprint density at radius 3 is 2.75 bits per heavy atom. The molecule has 3 nitrogen and oxygen atoms in total. The monoisotopic (exact) mass is 278 g/mol. The van der Waals surface area contributed by atoms with E-state index in [9.17, 15) is 9.18 Å². The molecular weight excluding hydrogens is 255 g/mol. The Morgan fingerprint density at radius 2 is 2.15 bits per heavy atom. The minimum absolute atomic E-state index is 0.0235. The van der Waals surface area contributed by atoms with Gasteiger partial charge in [0.2, 0.25) is 5.91 Å². The number of hydrogen-bond acceptors (Lipinski definition) is 2. The van der Waals surface area contributed by atoms with Gasteiger partial charge in [-0.25, -0.2) is 4.39 Å². The molecule has 1 aliphatic heterocycles. The van der Waals surface area contributed by atoms with E-state index in [-0.39, 0.29) is 29.6 Å². The zero-order valence-electron chi connectivity index (χ0n) is 12.3. The summed E-state index contributed by atoms with van der Waals surface area (Å²) >= 11 is 0. The van der Waals surface area contributed by atoms with Gasteiger partial charge in [0.15, 0.2) is 0 Å². The highest BCUT2D eigenvalue weighted by molar-refractivity contribution is 5.78. The van der Waals surface area contributed by atoms with Gasteiger partial charge in [-0.1, -0.05) is 13.0 Å². The average Bonchev–Trinajstić information content (AvgIpc) is 2.31. The second-order valence-corrected chi connectivity index (χ2v) is 6.09. The Balaban J connectivity index is 2.22. The molecule has 0 radical (unpaired) electrons. The van der Waals surface area contributed by atoms with Crippen molar-refractivity contribution in [1.29, 1.82) is 0 Å². The summed E-state index contributed by atoms with van der Waals surface area (Å²) in [6, 6.07) is 5.19. The normalized spacial score (nSPS) is 30.2. The number of carbonyl (C=O) groups excluding carboxylic acids is 1. The van der Waals surface area contributed by atoms with E-state index in [2.05, 4.69) is 19.2 Å². The fourth-order valence-electron chi connectivity index (χ4n) is 3.43. The Morgan fingerprint density at radius 1 is 1.45 bits per heavy atom. The predicted octanol–water partition coefficient (Wildman–Crippen LogP) is 2.16. The highest BCUT2D eigenvalue weighted by Crippen LogP contribution is 2.28. The number of carbonyl (C=O) groups is 1. The predicted molar refractivity (Wildman–Crippen MR) is 77.7 cm³/mol. The van der Waals surface area contributed by atoms with Gasteiger partial charge in [-0.3, -0.25) is 4.79 Å². The molecule has 1 aromatic carbocycles. The minimum atomic E-state index is -0.248. The number of hydrogen-bond donors (Lipinski definition) is 2. The maximum absolute atomic E-state index is 13.2. The molecule has 3 N–H and O–H groups in total. The summed E-state index contributed by atoms with van der Waals surface area (Å²) in [6.07, 6.45) is 1.65. The van der Waals surface area contributed by atoms with E-state index in [0.717, 1.165) is 17.5 Å². The molecule has 0 spiro atoms. The van der Waals surface area contributed by atoms with Gasteiger partial charge in [0.25, 0.3) is 0 Å². The van der Waals surface area contributed by atoms with Gasteiger partial charge in [-0.15, -0.1) is 0 Å². The van der Waals surface area contributed by atoms with Crippen molar-refractivity contribution in [2.75, 3.05) is 0 Å². The van der Waals surface area contributed by atoms with Crippen molar-refractivity contribution in [3.05, 3.63) is 35.1 Å². The molecule has 1 saturated heterocycles. The van der Waals surface area contributed by atoms with E-state index in [4.69, 9.17) is 5.73 Å². The van der Waals surface area contributed by atoms with Crippen LogP contribution in [-0.2, 0) is 11.2 Å². The van der Waals surface area contributed by atoms with Crippen LogP contribution < -0.4 is 11.1 Å². The number of primary amides is 1. The summed E-state index contributed by atoms with van der Waals surface area (Å²) in [5.74, 6) is -0.372. The van der Waals surface area contributed by atoms with Crippen LogP contribution in [0.3, 0.4) is 0 Å². The van der Waals surface area contributed by atoms with Gasteiger partial charge in [0.05, 0.1) is 5.92 Å². The summed E-state index contributed by atoms with van der Waals surface area (Å²) in [6.45, 7) is 6.10. The molecule has 1 amide bonds. The van der Waals surface area contributed by atoms with Crippen molar-refractivity contribution in [2.45, 2.75) is 45.7 Å². The van der Waals surface area contributed by atoms with Crippen molar-refractivity contribution in [2.24, 2.45) is 17.6 Å². The first-order valence-corrected chi connectivity index (χ1v) is 7.19. The number of nitrogens with one attached hydrogen (secondary N) is 1. The lowest BCUT2D eigenvalue weighted by molar-refractivity contribution is -0.125. The van der Waals surface area contributed by atoms with E-state index >= 15 is 0 Å². The van der Waals surface area contributed by atoms with Gasteiger partial charge in [0, 0.05) is 12.1 Å². The quantitative estimate of drug-likeness (QED) is 0.890. The van der Waals surface area contributed by atoms with E-state index in [1.54, 1.807) is 6.07 Å². The van der Waals surface area contributed by atoms with Crippen molar-refractivity contribution in [3.63, 3.8) is 0 Å². The number of amides is 1. The molecule has 4 heteroatoms. The molecule has 4 unspecified atom stereocenters. The van der Waals surface area contributed by atoms with Crippen molar-refractivity contribution >= 4 is 5.91 Å². The molecule has 1 aliphatic rings. The van der Waals surface area contributed by atoms with Crippen LogP contribution in [0, 0.1) is 24.6 Å². The average molecular weight is 278 g/mol. The third kappa shape index (κ3) is 3.18. The lowest BCUT2D eigenvalue weighted by Gasteiger charge is -2.39. The maximum atomic E-state index is 13.2. The summed E-state index contributed by atoms with van der Waals surface area (Å²) in [4.78, 5) is 11.7. The highest BCUT2D eigenvalue weighted by Gasteiger charge is 2.37. The lowest BCUT2D eigenvalue weighted by Crippen LogP contribution is -2.55. The van der Waals surface area contributed by atoms with Crippen LogP contribution in [-0.4, -0.2) is 18.0 Å². The summed E-state index contributed by atoms with van der Waals surface area (Å²) in [5.41, 5.74) is 7.55. The van der Waals surface area contributed by atoms with Crippen molar-refractivity contribution in [3.8, 4) is 0 Å². The van der Waals surface area contributed by atoms with Gasteiger partial charge >= 0.3 is 0 Å². The van der Waals surface area contributed by atoms with E-state index < -0.39 is 0 Å². The number of rotatable bonds is 3. The molecule has 2 rings (SSSR count). The molecule has 0 bridgehead atoms. The van der Waals surface area contributed by atoms with Crippen LogP contribution in [0.1, 0.15) is 31.4 Å². The molecule has 110 valence electrons. The van der Waals surface area contributed by atoms with Crippen LogP contribution >= 0.6 is 0 Å². The van der Waals surface area contributed by atoms with Crippen LogP contribution in [0.15, 0.2) is 18.2 Å². The number of benzene rings is 1. The second-order valence-electron chi connectivity index (χ2n) is 6.09. The summed E-state index contributed by atoms with van der Waals surface area (Å²) < 4.78 is 13.2. The van der Waals surface area contributed by atoms with Crippen LogP contribution in [0.25, 0.3) is 0 Å². The standard InChI is InChI=1S/C16H23FN2O/c1-9-7-13(17)5-4-12(9)8-14-15(16(18)20)10(2)6-11(3)19-14/h4-5,7,10-11,14-15,19H,6,8H2,1-3H3,(H2,18,20). The molecule has 4 atom stereocenters. The van der Waals surface area contributed by atoms with Gasteiger partial charge in [0.1, 0.15) is 5.82 Å². The van der Waals surface area contributed by atoms with Gasteiger partial charge in [-0.2, -0.15) is 0 Å². The SMILES string of the molecule is Cc1cc(F)ccc1CC1NC(C)CC(C)C1C(N)=O. The van der Waals surface area contributed by atoms with Gasteiger partial charge in [-0.05, 0) is 55.9 Å². The molecule has 20 heavy (non-hydrogen) atoms. The Labute approximate surface area is 119 Å². The molecule has 1 aromatic rings. The minimum Gasteiger partial charge on any atom is -0.369 e. The topological polar surface area (TPSA) is 55.1 Å². The van der Waals surface area contributed by atoms with Crippen molar-refractivity contribution in [1.82, 2.24) is 5.32 Å². The third-order valence-electron chi connectivity index (χ3n) is 4.34. The largest absolute Gasteiger partial charge is 0.369 e. The fraction of sp³-hybridized carbons (Fsp3) is 0.562. The lowest BCUT2D eigenvalue weighted by atomic mass is 9.76. The van der Waals surface area contributed by atoms with E-state index in [1.165, 1.54) is 12.1 Å². The maximum Gasteiger partial charge on any atom is 0.222 e. The number of nitrogens with two attached hydrogens (primary N) is 1. The second kappa shape index (κ2) is 5.92. The van der Waals surface area contributed by atoms with Crippen LogP contribution in [0.5, 0.6) is 0 Å². The molecular formula is C16H23FN2O. The zero-order chi connectivity index (χ0) is 14.9. The molecule has 0 aliphatic carbocycles. The van der Waals surface area contributed by atoms with Crippen molar-refractivity contribution < 1.29 is 9.18 Å². The summed E-state index contributed by atoms with van der Waals surface area (Å²) in [7, 11) is 0. The van der Waals surface area contributed by atoms with Crippen LogP contribution in [0.2, 0.25) is 0 Å². The Bertz CT molecular complexity index is 503. The fourth-order valence-corrected chi connectivity index (χ4v) is 3.43. The molecule has 0 aromatic heterocycles. The van der Waals surface area contributed by atoms with E-state index in [1.807, 2.05) is 6.92 Å². The first-order valence-electron chi connectivity index (χ1n) is 7.19. The molecule has 1 heterocycles. The van der Waals surface area contributed by atoms with E-state index in [0.29, 0.717) is 12.5 Å². The number of piperidine rings is 1. The highest BCUT2D eigenvalue weighted by atomic mass is 19.1. The van der Waals surface area contributed by atoms with Crippen LogP contribution in [0.4, 0.5) is 4.39 Å².